The highest BCUT2D eigenvalue weighted by atomic mass is 16.7. The number of ether oxygens (including phenoxy) is 5. The van der Waals surface area contributed by atoms with E-state index >= 15 is 0 Å². The van der Waals surface area contributed by atoms with Crippen LogP contribution in [0.5, 0.6) is 0 Å². The monoisotopic (exact) mass is 709 g/mol. The fraction of sp³-hybridized carbons (Fsp3) is 1.00. The predicted octanol–water partition coefficient (Wildman–Crippen LogP) is 1.65. The van der Waals surface area contributed by atoms with Crippen molar-refractivity contribution in [2.45, 2.75) is 165 Å². The van der Waals surface area contributed by atoms with Gasteiger partial charge < -0.3 is 54.3 Å². The molecule has 0 radical (unpaired) electrons. The minimum Gasteiger partial charge on any atom is -0.388 e. The zero-order chi connectivity index (χ0) is 35.3. The lowest BCUT2D eigenvalue weighted by Gasteiger charge is -2.61. The lowest BCUT2D eigenvalue weighted by Crippen LogP contribution is -2.61. The molecule has 0 bridgehead atoms. The molecule has 1 spiro atoms. The third kappa shape index (κ3) is 5.77. The molecule has 4 aliphatic heterocycles. The van der Waals surface area contributed by atoms with Crippen LogP contribution in [0.2, 0.25) is 0 Å². The van der Waals surface area contributed by atoms with Crippen LogP contribution in [0.3, 0.4) is 0 Å². The van der Waals surface area contributed by atoms with E-state index in [9.17, 15) is 30.6 Å². The first-order valence-electron chi connectivity index (χ1n) is 19.8. The number of fused-ring (bicyclic) bond motifs is 7. The van der Waals surface area contributed by atoms with Gasteiger partial charge >= 0.3 is 0 Å². The molecule has 4 saturated carbocycles. The standard InChI is InChI=1S/C38H63NO11/c1-18-7-12-38(39-15-18)19(2)28-26(50-38)14-24-22-6-5-20-13-21(8-10-36(20,3)23(22)9-11-37(24,28)4)48-35-33(45)31(43)30(42)27(49-35)17-47-34-32(44)29(41)25(40)16-46-34/h18-35,39-45H,5-17H2,1-4H3/t18-,19-,20-,21-,22+,23-,24-,25+,26-,27+,28-,29-,30+,31-,32+,33+,34-,35+,36-,37-,38-/m0/s1. The van der Waals surface area contributed by atoms with Gasteiger partial charge in [0.05, 0.1) is 25.4 Å². The molecule has 12 heteroatoms. The van der Waals surface area contributed by atoms with Gasteiger partial charge in [-0.05, 0) is 111 Å². The van der Waals surface area contributed by atoms with Crippen molar-refractivity contribution >= 4 is 0 Å². The number of aliphatic hydroxyl groups is 6. The number of rotatable bonds is 5. The lowest BCUT2D eigenvalue weighted by molar-refractivity contribution is -0.331. The summed E-state index contributed by atoms with van der Waals surface area (Å²) in [5.74, 6) is 4.48. The molecule has 7 N–H and O–H groups in total. The van der Waals surface area contributed by atoms with Crippen molar-refractivity contribution in [1.82, 2.24) is 5.32 Å². The minimum atomic E-state index is -1.52. The van der Waals surface area contributed by atoms with Crippen LogP contribution in [-0.4, -0.2) is 124 Å². The third-order valence-electron chi connectivity index (χ3n) is 16.0. The first kappa shape index (κ1) is 36.5. The number of nitrogens with one attached hydrogen (secondary N) is 1. The molecule has 8 fully saturated rings. The lowest BCUT2D eigenvalue weighted by atomic mass is 9.44. The van der Waals surface area contributed by atoms with Gasteiger partial charge in [-0.15, -0.1) is 0 Å². The summed E-state index contributed by atoms with van der Waals surface area (Å²) < 4.78 is 30.4. The average Bonchev–Trinajstić information content (AvgIpc) is 3.54. The Morgan fingerprint density at radius 2 is 1.52 bits per heavy atom. The maximum Gasteiger partial charge on any atom is 0.186 e. The number of aliphatic hydroxyl groups excluding tert-OH is 6. The molecule has 0 unspecified atom stereocenters. The van der Waals surface area contributed by atoms with Gasteiger partial charge in [0.1, 0.15) is 48.5 Å². The molecule has 12 nitrogen and oxygen atoms in total. The Morgan fingerprint density at radius 1 is 0.760 bits per heavy atom. The van der Waals surface area contributed by atoms with Crippen LogP contribution >= 0.6 is 0 Å². The van der Waals surface area contributed by atoms with Crippen molar-refractivity contribution in [1.29, 1.82) is 0 Å². The Morgan fingerprint density at radius 3 is 2.28 bits per heavy atom. The molecule has 8 rings (SSSR count). The summed E-state index contributed by atoms with van der Waals surface area (Å²) in [5.41, 5.74) is 0.422. The summed E-state index contributed by atoms with van der Waals surface area (Å²) in [7, 11) is 0. The van der Waals surface area contributed by atoms with Crippen LogP contribution in [0.15, 0.2) is 0 Å². The maximum absolute atomic E-state index is 10.9. The van der Waals surface area contributed by atoms with E-state index in [1.54, 1.807) is 0 Å². The zero-order valence-corrected chi connectivity index (χ0v) is 30.3. The molecule has 21 atom stereocenters. The molecule has 0 aromatic carbocycles. The van der Waals surface area contributed by atoms with E-state index in [4.69, 9.17) is 23.7 Å². The van der Waals surface area contributed by atoms with Crippen molar-refractivity contribution in [2.75, 3.05) is 19.8 Å². The van der Waals surface area contributed by atoms with E-state index in [1.165, 1.54) is 32.1 Å². The second-order valence-corrected chi connectivity index (χ2v) is 18.5. The third-order valence-corrected chi connectivity index (χ3v) is 16.0. The quantitative estimate of drug-likeness (QED) is 0.206. The summed E-state index contributed by atoms with van der Waals surface area (Å²) in [6.45, 7) is 10.5. The van der Waals surface area contributed by atoms with Crippen LogP contribution in [0.4, 0.5) is 0 Å². The molecule has 50 heavy (non-hydrogen) atoms. The second kappa shape index (κ2) is 13.4. The molecular weight excluding hydrogens is 646 g/mol. The van der Waals surface area contributed by atoms with Crippen molar-refractivity contribution in [2.24, 2.45) is 52.3 Å². The van der Waals surface area contributed by atoms with E-state index in [0.717, 1.165) is 50.5 Å². The first-order chi connectivity index (χ1) is 23.8. The largest absolute Gasteiger partial charge is 0.388 e. The molecule has 0 amide bonds. The second-order valence-electron chi connectivity index (χ2n) is 18.5. The normalized spacial score (nSPS) is 59.4. The Labute approximate surface area is 296 Å². The van der Waals surface area contributed by atoms with Gasteiger partial charge in [-0.1, -0.05) is 27.7 Å². The van der Waals surface area contributed by atoms with E-state index < -0.39 is 55.3 Å². The van der Waals surface area contributed by atoms with Crippen LogP contribution in [0.1, 0.15) is 91.9 Å². The van der Waals surface area contributed by atoms with E-state index in [0.29, 0.717) is 41.1 Å². The fourth-order valence-electron chi connectivity index (χ4n) is 13.0. The van der Waals surface area contributed by atoms with Gasteiger partial charge in [-0.25, -0.2) is 0 Å². The Balaban J connectivity index is 0.889. The molecule has 4 aliphatic carbocycles. The highest BCUT2D eigenvalue weighted by Crippen LogP contribution is 2.71. The highest BCUT2D eigenvalue weighted by Gasteiger charge is 2.68. The Kier molecular flexibility index (Phi) is 9.76. The van der Waals surface area contributed by atoms with Gasteiger partial charge in [0.15, 0.2) is 12.6 Å². The minimum absolute atomic E-state index is 0.133. The SMILES string of the molecule is C[C@H]1CC[C@]2(NC1)O[C@H]1C[C@H]3[C@@H]4CC[C@H]5C[C@@H](O[C@@H]6O[C@H](CO[C@@H]7OC[C@@H](O)[C@H](O)[C@H]7O)[C@@H](O)[C@H](O)[C@H]6O)CC[C@]5(C)[C@H]4CC[C@]3(C)[C@H]1[C@@H]2C. The van der Waals surface area contributed by atoms with Crippen molar-refractivity contribution in [3.8, 4) is 0 Å². The highest BCUT2D eigenvalue weighted by molar-refractivity contribution is 5.16. The van der Waals surface area contributed by atoms with Gasteiger partial charge in [0.2, 0.25) is 0 Å². The molecule has 0 aromatic heterocycles. The average molecular weight is 710 g/mol. The zero-order valence-electron chi connectivity index (χ0n) is 30.3. The predicted molar refractivity (Wildman–Crippen MR) is 179 cm³/mol. The van der Waals surface area contributed by atoms with Gasteiger partial charge in [0, 0.05) is 12.5 Å². The molecule has 0 aromatic rings. The summed E-state index contributed by atoms with van der Waals surface area (Å²) in [5, 5.41) is 66.1. The summed E-state index contributed by atoms with van der Waals surface area (Å²) in [6, 6.07) is 0. The maximum atomic E-state index is 10.9. The van der Waals surface area contributed by atoms with Crippen molar-refractivity contribution in [3.63, 3.8) is 0 Å². The van der Waals surface area contributed by atoms with E-state index in [1.807, 2.05) is 0 Å². The van der Waals surface area contributed by atoms with Crippen LogP contribution in [0, 0.1) is 52.3 Å². The topological polar surface area (TPSA) is 180 Å². The summed E-state index contributed by atoms with van der Waals surface area (Å²) in [4.78, 5) is 0. The Bertz CT molecular complexity index is 1220. The molecule has 286 valence electrons. The molecular formula is C38H63NO11. The molecule has 8 aliphatic rings. The van der Waals surface area contributed by atoms with E-state index in [2.05, 4.69) is 33.0 Å². The number of hydrogen-bond acceptors (Lipinski definition) is 12. The van der Waals surface area contributed by atoms with E-state index in [-0.39, 0.29) is 30.5 Å². The number of piperidine rings is 1. The number of hydrogen-bond donors (Lipinski definition) is 7. The smallest absolute Gasteiger partial charge is 0.186 e. The van der Waals surface area contributed by atoms with Gasteiger partial charge in [-0.2, -0.15) is 0 Å². The Hall–Kier alpha value is -0.480. The fourth-order valence-corrected chi connectivity index (χ4v) is 13.0. The van der Waals surface area contributed by atoms with Gasteiger partial charge in [-0.3, -0.25) is 5.32 Å². The summed E-state index contributed by atoms with van der Waals surface area (Å²) in [6.07, 6.45) is -0.566. The van der Waals surface area contributed by atoms with Crippen LogP contribution in [-0.2, 0) is 23.7 Å². The molecule has 4 heterocycles. The summed E-state index contributed by atoms with van der Waals surface area (Å²) >= 11 is 0. The van der Waals surface area contributed by atoms with Crippen LogP contribution < -0.4 is 5.32 Å². The van der Waals surface area contributed by atoms with Crippen molar-refractivity contribution in [3.05, 3.63) is 0 Å². The first-order valence-corrected chi connectivity index (χ1v) is 19.8. The van der Waals surface area contributed by atoms with Gasteiger partial charge in [0.25, 0.3) is 0 Å². The van der Waals surface area contributed by atoms with Crippen molar-refractivity contribution < 1.29 is 54.3 Å². The molecule has 4 saturated heterocycles. The van der Waals surface area contributed by atoms with Crippen LogP contribution in [0.25, 0.3) is 0 Å².